The Kier molecular flexibility index (Phi) is 2.03. The molecule has 0 aliphatic heterocycles. The molecule has 1 aliphatic rings. The highest BCUT2D eigenvalue weighted by Crippen LogP contribution is 2.50. The van der Waals surface area contributed by atoms with Gasteiger partial charge in [0.25, 0.3) is 0 Å². The Hall–Kier alpha value is -1.07. The van der Waals surface area contributed by atoms with E-state index in [0.29, 0.717) is 11.6 Å². The number of hydrogen-bond acceptors (Lipinski definition) is 3. The van der Waals surface area contributed by atoms with Crippen molar-refractivity contribution in [1.82, 2.24) is 9.38 Å². The van der Waals surface area contributed by atoms with Gasteiger partial charge in [0.1, 0.15) is 0 Å². The summed E-state index contributed by atoms with van der Waals surface area (Å²) in [5, 5.41) is 11.4. The van der Waals surface area contributed by atoms with E-state index < -0.39 is 5.97 Å². The second kappa shape index (κ2) is 3.21. The van der Waals surface area contributed by atoms with Crippen molar-refractivity contribution in [2.75, 3.05) is 0 Å². The molecule has 0 aromatic carbocycles. The average Bonchev–Trinajstić information content (AvgIpc) is 2.83. The lowest BCUT2D eigenvalue weighted by Gasteiger charge is -1.99. The van der Waals surface area contributed by atoms with E-state index in [1.807, 2.05) is 16.7 Å². The fraction of sp³-hybridized carbons (Fsp3) is 0.400. The third-order valence-electron chi connectivity index (χ3n) is 2.98. The molecule has 4 nitrogen and oxygen atoms in total. The van der Waals surface area contributed by atoms with Gasteiger partial charge in [-0.25, -0.2) is 4.98 Å². The Labute approximate surface area is 100 Å². The summed E-state index contributed by atoms with van der Waals surface area (Å²) in [4.78, 5) is 16.0. The van der Waals surface area contributed by atoms with Gasteiger partial charge < -0.3 is 5.11 Å². The Morgan fingerprint density at radius 3 is 3.12 bits per heavy atom. The van der Waals surface area contributed by atoms with E-state index >= 15 is 0 Å². The van der Waals surface area contributed by atoms with Crippen molar-refractivity contribution >= 4 is 33.9 Å². The number of carbonyl (C=O) groups is 1. The van der Waals surface area contributed by atoms with Crippen LogP contribution in [-0.2, 0) is 4.79 Å². The Morgan fingerprint density at radius 2 is 2.50 bits per heavy atom. The molecule has 2 heterocycles. The predicted molar refractivity (Wildman–Crippen MR) is 61.3 cm³/mol. The number of carboxylic acid groups (broad SMARTS) is 1. The Bertz CT molecular complexity index is 589. The number of carboxylic acids is 1. The minimum Gasteiger partial charge on any atom is -0.481 e. The maximum Gasteiger partial charge on any atom is 0.307 e. The first-order valence-electron chi connectivity index (χ1n) is 4.94. The molecular formula is C10H9ClN2O2S. The van der Waals surface area contributed by atoms with Crippen molar-refractivity contribution in [2.45, 2.75) is 19.3 Å². The summed E-state index contributed by atoms with van der Waals surface area (Å²) in [5.41, 5.74) is 1.92. The minimum absolute atomic E-state index is 0.0216. The third kappa shape index (κ3) is 1.28. The van der Waals surface area contributed by atoms with Crippen LogP contribution >= 0.6 is 22.9 Å². The number of fused-ring (bicyclic) bond motifs is 1. The second-order valence-corrected chi connectivity index (χ2v) is 5.26. The maximum absolute atomic E-state index is 10.9. The molecule has 0 radical (unpaired) electrons. The van der Waals surface area contributed by atoms with Crippen LogP contribution in [0.4, 0.5) is 0 Å². The van der Waals surface area contributed by atoms with E-state index in [1.54, 1.807) is 0 Å². The lowest BCUT2D eigenvalue weighted by molar-refractivity contribution is -0.138. The molecule has 1 aliphatic carbocycles. The van der Waals surface area contributed by atoms with Crippen LogP contribution in [0.15, 0.2) is 5.38 Å². The van der Waals surface area contributed by atoms with Gasteiger partial charge in [0.2, 0.25) is 0 Å². The molecule has 1 fully saturated rings. The van der Waals surface area contributed by atoms with E-state index in [9.17, 15) is 4.79 Å². The zero-order valence-electron chi connectivity index (χ0n) is 8.48. The molecule has 2 atom stereocenters. The summed E-state index contributed by atoms with van der Waals surface area (Å²) in [5.74, 6) is -1.02. The predicted octanol–water partition coefficient (Wildman–Crippen LogP) is 2.55. The molecule has 2 aromatic heterocycles. The van der Waals surface area contributed by atoms with Gasteiger partial charge in [0, 0.05) is 17.0 Å². The number of halogens is 1. The Balaban J connectivity index is 2.13. The normalized spacial score (nSPS) is 23.9. The molecule has 84 valence electrons. The monoisotopic (exact) mass is 256 g/mol. The van der Waals surface area contributed by atoms with Crippen LogP contribution in [0.5, 0.6) is 0 Å². The Morgan fingerprint density at radius 1 is 1.75 bits per heavy atom. The molecular weight excluding hydrogens is 248 g/mol. The number of nitrogens with zero attached hydrogens (tertiary/aromatic N) is 2. The van der Waals surface area contributed by atoms with Gasteiger partial charge in [-0.3, -0.25) is 9.20 Å². The SMILES string of the molecule is Cc1csc2nc(Cl)c(C3CC3C(=O)O)n12. The summed E-state index contributed by atoms with van der Waals surface area (Å²) < 4.78 is 1.97. The van der Waals surface area contributed by atoms with Crippen LogP contribution in [0.2, 0.25) is 5.15 Å². The van der Waals surface area contributed by atoms with Crippen LogP contribution in [0.25, 0.3) is 4.96 Å². The largest absolute Gasteiger partial charge is 0.481 e. The molecule has 1 saturated carbocycles. The topological polar surface area (TPSA) is 54.6 Å². The van der Waals surface area contributed by atoms with Crippen LogP contribution in [0, 0.1) is 12.8 Å². The quantitative estimate of drug-likeness (QED) is 0.898. The number of imidazole rings is 1. The molecule has 0 spiro atoms. The number of aromatic nitrogens is 2. The van der Waals surface area contributed by atoms with E-state index in [2.05, 4.69) is 4.98 Å². The van der Waals surface area contributed by atoms with Crippen molar-refractivity contribution in [2.24, 2.45) is 5.92 Å². The van der Waals surface area contributed by atoms with E-state index in [-0.39, 0.29) is 11.8 Å². The van der Waals surface area contributed by atoms with E-state index in [1.165, 1.54) is 11.3 Å². The fourth-order valence-corrected chi connectivity index (χ4v) is 3.31. The summed E-state index contributed by atoms with van der Waals surface area (Å²) in [6.45, 7) is 1.98. The first-order chi connectivity index (χ1) is 7.59. The van der Waals surface area contributed by atoms with E-state index in [4.69, 9.17) is 16.7 Å². The highest BCUT2D eigenvalue weighted by molar-refractivity contribution is 7.15. The van der Waals surface area contributed by atoms with Gasteiger partial charge in [-0.15, -0.1) is 11.3 Å². The molecule has 1 N–H and O–H groups in total. The molecule has 16 heavy (non-hydrogen) atoms. The van der Waals surface area contributed by atoms with Crippen LogP contribution in [0.3, 0.4) is 0 Å². The number of hydrogen-bond donors (Lipinski definition) is 1. The number of thiazole rings is 1. The molecule has 3 rings (SSSR count). The highest BCUT2D eigenvalue weighted by Gasteiger charge is 2.47. The first-order valence-corrected chi connectivity index (χ1v) is 6.20. The fourth-order valence-electron chi connectivity index (χ4n) is 2.09. The van der Waals surface area contributed by atoms with Gasteiger partial charge in [-0.05, 0) is 13.3 Å². The summed E-state index contributed by atoms with van der Waals surface area (Å²) >= 11 is 7.59. The molecule has 6 heteroatoms. The zero-order chi connectivity index (χ0) is 11.4. The number of aliphatic carboxylic acids is 1. The molecule has 2 unspecified atom stereocenters. The van der Waals surface area contributed by atoms with Gasteiger partial charge in [-0.2, -0.15) is 0 Å². The summed E-state index contributed by atoms with van der Waals surface area (Å²) in [6.07, 6.45) is 0.665. The van der Waals surface area contributed by atoms with Crippen LogP contribution in [0.1, 0.15) is 23.7 Å². The average molecular weight is 257 g/mol. The number of aryl methyl sites for hydroxylation is 1. The van der Waals surface area contributed by atoms with Crippen LogP contribution in [-0.4, -0.2) is 20.5 Å². The molecule has 0 bridgehead atoms. The molecule has 0 amide bonds. The molecule has 2 aromatic rings. The second-order valence-electron chi connectivity index (χ2n) is 4.07. The standard InChI is InChI=1S/C10H9ClN2O2S/c1-4-3-16-10-12-8(11)7(13(4)10)5-2-6(5)9(14)15/h3,5-6H,2H2,1H3,(H,14,15). The van der Waals surface area contributed by atoms with Gasteiger partial charge >= 0.3 is 5.97 Å². The highest BCUT2D eigenvalue weighted by atomic mass is 35.5. The van der Waals surface area contributed by atoms with Gasteiger partial charge in [0.15, 0.2) is 10.1 Å². The summed E-state index contributed by atoms with van der Waals surface area (Å²) in [6, 6.07) is 0. The van der Waals surface area contributed by atoms with Gasteiger partial charge in [0.05, 0.1) is 11.6 Å². The van der Waals surface area contributed by atoms with E-state index in [0.717, 1.165) is 16.3 Å². The van der Waals surface area contributed by atoms with Crippen molar-refractivity contribution < 1.29 is 9.90 Å². The third-order valence-corrected chi connectivity index (χ3v) is 4.21. The van der Waals surface area contributed by atoms with Crippen molar-refractivity contribution in [3.05, 3.63) is 21.9 Å². The van der Waals surface area contributed by atoms with Crippen molar-refractivity contribution in [1.29, 1.82) is 0 Å². The smallest absolute Gasteiger partial charge is 0.307 e. The minimum atomic E-state index is -0.746. The lowest BCUT2D eigenvalue weighted by atomic mass is 10.2. The van der Waals surface area contributed by atoms with Crippen molar-refractivity contribution in [3.8, 4) is 0 Å². The maximum atomic E-state index is 10.9. The lowest BCUT2D eigenvalue weighted by Crippen LogP contribution is -2.01. The first kappa shape index (κ1) is 10.1. The van der Waals surface area contributed by atoms with Crippen molar-refractivity contribution in [3.63, 3.8) is 0 Å². The molecule has 0 saturated heterocycles. The van der Waals surface area contributed by atoms with Gasteiger partial charge in [-0.1, -0.05) is 11.6 Å². The van der Waals surface area contributed by atoms with Crippen LogP contribution < -0.4 is 0 Å². The zero-order valence-corrected chi connectivity index (χ0v) is 10.0. The summed E-state index contributed by atoms with van der Waals surface area (Å²) in [7, 11) is 0. The number of rotatable bonds is 2.